The molecule has 1 aromatic carbocycles. The van der Waals surface area contributed by atoms with Crippen LogP contribution in [0.25, 0.3) is 0 Å². The van der Waals surface area contributed by atoms with Crippen molar-refractivity contribution in [1.82, 2.24) is 10.6 Å². The molecular formula is C20H25BCl2N2O8. The second-order valence-corrected chi connectivity index (χ2v) is 8.50. The highest BCUT2D eigenvalue weighted by molar-refractivity contribution is 6.50. The maximum Gasteiger partial charge on any atom is 0.552 e. The number of carbonyl (C=O) groups excluding carboxylic acids is 4. The molecule has 1 aliphatic rings. The zero-order valence-corrected chi connectivity index (χ0v) is 20.1. The molecule has 10 nitrogen and oxygen atoms in total. The summed E-state index contributed by atoms with van der Waals surface area (Å²) in [7, 11) is 1.11. The van der Waals surface area contributed by atoms with Crippen molar-refractivity contribution in [2.45, 2.75) is 38.4 Å². The van der Waals surface area contributed by atoms with Gasteiger partial charge in [0.15, 0.2) is 12.2 Å². The summed E-state index contributed by atoms with van der Waals surface area (Å²) in [4.78, 5) is 49.3. The van der Waals surface area contributed by atoms with E-state index in [-0.39, 0.29) is 16.5 Å². The molecule has 0 bridgehead atoms. The Kier molecular flexibility index (Phi) is 9.96. The number of nitrogens with one attached hydrogen (secondary N) is 2. The second kappa shape index (κ2) is 12.2. The molecule has 1 aromatic rings. The highest BCUT2D eigenvalue weighted by Gasteiger charge is 2.50. The SMILES string of the molecule is COC(=O)[C@@H]1OB([C@H](CC(C)C)NC(=O)CNC(=O)c2cc(Cl)ccc2Cl)OC(=O)[C@H]1OC. The molecule has 2 amide bonds. The first kappa shape index (κ1) is 26.9. The van der Waals surface area contributed by atoms with E-state index in [4.69, 9.17) is 37.2 Å². The van der Waals surface area contributed by atoms with Gasteiger partial charge in [-0.15, -0.1) is 0 Å². The lowest BCUT2D eigenvalue weighted by Crippen LogP contribution is -2.61. The summed E-state index contributed by atoms with van der Waals surface area (Å²) < 4.78 is 20.6. The lowest BCUT2D eigenvalue weighted by Gasteiger charge is -2.35. The monoisotopic (exact) mass is 502 g/mol. The van der Waals surface area contributed by atoms with Crippen molar-refractivity contribution in [2.75, 3.05) is 20.8 Å². The van der Waals surface area contributed by atoms with Gasteiger partial charge in [-0.05, 0) is 30.5 Å². The number of methoxy groups -OCH3 is 2. The third-order valence-electron chi connectivity index (χ3n) is 4.69. The molecule has 0 aliphatic carbocycles. The Balaban J connectivity index is 2.07. The second-order valence-electron chi connectivity index (χ2n) is 7.65. The van der Waals surface area contributed by atoms with Crippen molar-refractivity contribution in [1.29, 1.82) is 0 Å². The molecule has 1 fully saturated rings. The summed E-state index contributed by atoms with van der Waals surface area (Å²) >= 11 is 11.9. The number of rotatable bonds is 9. The molecule has 0 radical (unpaired) electrons. The van der Waals surface area contributed by atoms with Crippen LogP contribution in [0.2, 0.25) is 10.0 Å². The predicted octanol–water partition coefficient (Wildman–Crippen LogP) is 1.41. The van der Waals surface area contributed by atoms with Crippen molar-refractivity contribution < 1.29 is 38.0 Å². The van der Waals surface area contributed by atoms with Gasteiger partial charge in [-0.1, -0.05) is 37.0 Å². The Labute approximate surface area is 201 Å². The number of benzene rings is 1. The minimum atomic E-state index is -1.36. The van der Waals surface area contributed by atoms with Crippen LogP contribution in [-0.2, 0) is 33.2 Å². The van der Waals surface area contributed by atoms with E-state index in [9.17, 15) is 19.2 Å². The average Bonchev–Trinajstić information content (AvgIpc) is 2.77. The van der Waals surface area contributed by atoms with Gasteiger partial charge in [-0.2, -0.15) is 0 Å². The normalized spacial score (nSPS) is 19.0. The zero-order valence-electron chi connectivity index (χ0n) is 18.6. The maximum atomic E-state index is 12.5. The molecular weight excluding hydrogens is 478 g/mol. The third-order valence-corrected chi connectivity index (χ3v) is 5.26. The smallest absolute Gasteiger partial charge is 0.506 e. The van der Waals surface area contributed by atoms with Crippen molar-refractivity contribution in [3.63, 3.8) is 0 Å². The number of esters is 1. The predicted molar refractivity (Wildman–Crippen MR) is 120 cm³/mol. The van der Waals surface area contributed by atoms with Crippen molar-refractivity contribution in [3.8, 4) is 0 Å². The Hall–Kier alpha value is -2.34. The number of amides is 2. The Bertz CT molecular complexity index is 901. The molecule has 0 aromatic heterocycles. The molecule has 3 atom stereocenters. The first-order valence-electron chi connectivity index (χ1n) is 10.1. The van der Waals surface area contributed by atoms with Crippen molar-refractivity contribution in [3.05, 3.63) is 33.8 Å². The van der Waals surface area contributed by atoms with Gasteiger partial charge < -0.3 is 29.4 Å². The van der Waals surface area contributed by atoms with E-state index in [1.165, 1.54) is 25.3 Å². The van der Waals surface area contributed by atoms with E-state index in [0.717, 1.165) is 7.11 Å². The zero-order chi connectivity index (χ0) is 24.7. The molecule has 0 unspecified atom stereocenters. The molecule has 33 heavy (non-hydrogen) atoms. The lowest BCUT2D eigenvalue weighted by atomic mass is 9.72. The van der Waals surface area contributed by atoms with E-state index in [1.807, 2.05) is 13.8 Å². The van der Waals surface area contributed by atoms with Crippen LogP contribution < -0.4 is 10.6 Å². The van der Waals surface area contributed by atoms with Crippen LogP contribution in [0, 0.1) is 5.92 Å². The van der Waals surface area contributed by atoms with E-state index >= 15 is 0 Å². The Morgan fingerprint density at radius 1 is 1.21 bits per heavy atom. The topological polar surface area (TPSA) is 129 Å². The summed E-state index contributed by atoms with van der Waals surface area (Å²) in [5.41, 5.74) is 0.117. The highest BCUT2D eigenvalue weighted by Crippen LogP contribution is 2.22. The van der Waals surface area contributed by atoms with Crippen LogP contribution in [0.1, 0.15) is 30.6 Å². The molecule has 0 spiro atoms. The summed E-state index contributed by atoms with van der Waals surface area (Å²) in [5.74, 6) is -3.55. The fraction of sp³-hybridized carbons (Fsp3) is 0.500. The van der Waals surface area contributed by atoms with E-state index < -0.39 is 55.6 Å². The van der Waals surface area contributed by atoms with Crippen LogP contribution in [0.5, 0.6) is 0 Å². The van der Waals surface area contributed by atoms with Gasteiger partial charge in [0.1, 0.15) is 0 Å². The molecule has 0 saturated carbocycles. The molecule has 2 rings (SSSR count). The van der Waals surface area contributed by atoms with Crippen molar-refractivity contribution in [2.24, 2.45) is 5.92 Å². The van der Waals surface area contributed by atoms with Crippen LogP contribution >= 0.6 is 23.2 Å². The van der Waals surface area contributed by atoms with E-state index in [2.05, 4.69) is 15.4 Å². The number of hydrogen-bond donors (Lipinski definition) is 2. The Morgan fingerprint density at radius 2 is 1.91 bits per heavy atom. The average molecular weight is 503 g/mol. The van der Waals surface area contributed by atoms with Gasteiger partial charge in [0.05, 0.1) is 30.2 Å². The third kappa shape index (κ3) is 7.33. The number of carbonyl (C=O) groups is 4. The van der Waals surface area contributed by atoms with Gasteiger partial charge in [0.2, 0.25) is 5.91 Å². The summed E-state index contributed by atoms with van der Waals surface area (Å²) in [6.07, 6.45) is -2.31. The fourth-order valence-corrected chi connectivity index (χ4v) is 3.55. The molecule has 2 N–H and O–H groups in total. The molecule has 13 heteroatoms. The van der Waals surface area contributed by atoms with Crippen LogP contribution in [0.15, 0.2) is 18.2 Å². The van der Waals surface area contributed by atoms with E-state index in [0.29, 0.717) is 11.4 Å². The number of halogens is 2. The summed E-state index contributed by atoms with van der Waals surface area (Å²) in [5, 5.41) is 5.62. The molecule has 1 aliphatic heterocycles. The van der Waals surface area contributed by atoms with E-state index in [1.54, 1.807) is 0 Å². The van der Waals surface area contributed by atoms with Crippen LogP contribution in [0.3, 0.4) is 0 Å². The van der Waals surface area contributed by atoms with Crippen molar-refractivity contribution >= 4 is 54.1 Å². The highest BCUT2D eigenvalue weighted by atomic mass is 35.5. The fourth-order valence-electron chi connectivity index (χ4n) is 3.17. The molecule has 1 saturated heterocycles. The van der Waals surface area contributed by atoms with Crippen LogP contribution in [-0.4, -0.2) is 69.8 Å². The van der Waals surface area contributed by atoms with Gasteiger partial charge in [-0.3, -0.25) is 14.4 Å². The summed E-state index contributed by atoms with van der Waals surface area (Å²) in [6, 6.07) is 4.38. The molecule has 180 valence electrons. The maximum absolute atomic E-state index is 12.5. The quantitative estimate of drug-likeness (QED) is 0.383. The summed E-state index contributed by atoms with van der Waals surface area (Å²) in [6.45, 7) is 3.39. The van der Waals surface area contributed by atoms with Gasteiger partial charge >= 0.3 is 19.1 Å². The largest absolute Gasteiger partial charge is 0.552 e. The molecule has 1 heterocycles. The number of hydrogen-bond acceptors (Lipinski definition) is 8. The lowest BCUT2D eigenvalue weighted by molar-refractivity contribution is -0.176. The minimum Gasteiger partial charge on any atom is -0.506 e. The Morgan fingerprint density at radius 3 is 2.52 bits per heavy atom. The van der Waals surface area contributed by atoms with Gasteiger partial charge in [0.25, 0.3) is 5.91 Å². The standard InChI is InChI=1S/C20H25BCl2N2O8/c1-10(2)7-14(21-32-17(19(28)31-4)16(30-3)20(29)33-21)25-15(26)9-24-18(27)12-8-11(22)5-6-13(12)23/h5-6,8,10,14,16-17H,7,9H2,1-4H3,(H,24,27)(H,25,26)/t14-,16-,17+/m0/s1. The first-order chi connectivity index (χ1) is 15.6. The van der Waals surface area contributed by atoms with Gasteiger partial charge in [0, 0.05) is 12.1 Å². The number of ether oxygens (including phenoxy) is 2. The van der Waals surface area contributed by atoms with Gasteiger partial charge in [-0.25, -0.2) is 4.79 Å². The first-order valence-corrected chi connectivity index (χ1v) is 10.8. The minimum absolute atomic E-state index is 0.0641. The van der Waals surface area contributed by atoms with Crippen LogP contribution in [0.4, 0.5) is 0 Å².